The molecule has 0 radical (unpaired) electrons. The van der Waals surface area contributed by atoms with Crippen molar-refractivity contribution in [3.05, 3.63) is 80.6 Å². The Labute approximate surface area is 354 Å². The maximum atomic E-state index is 6.03. The van der Waals surface area contributed by atoms with Gasteiger partial charge in [0.1, 0.15) is 10.9 Å². The maximum absolute atomic E-state index is 6.03. The normalized spacial score (nSPS) is 19.4. The number of methoxy groups -OCH3 is 1. The van der Waals surface area contributed by atoms with Gasteiger partial charge in [0.15, 0.2) is 0 Å². The molecular formula is C40H42Cl3N9OS3. The SMILES string of the molecule is COc1cc(Nc2nc(C)c3c(n2)CC2(CCC2)S3)ccc1-n1cnc(C)c1.Cc1nc(Cl)nc2c1SC1(CCC1)C2.Clc1nc(Cl)c2c(n1)CC1(CCC1)S2. The summed E-state index contributed by atoms with van der Waals surface area (Å²) >= 11 is 23.5. The molecule has 0 unspecified atom stereocenters. The number of halogens is 3. The van der Waals surface area contributed by atoms with Gasteiger partial charge in [-0.1, -0.05) is 30.9 Å². The summed E-state index contributed by atoms with van der Waals surface area (Å²) in [7, 11) is 1.68. The molecule has 10 nitrogen and oxygen atoms in total. The van der Waals surface area contributed by atoms with Crippen molar-refractivity contribution in [1.29, 1.82) is 0 Å². The lowest BCUT2D eigenvalue weighted by Crippen LogP contribution is -2.32. The van der Waals surface area contributed by atoms with Gasteiger partial charge in [-0.15, -0.1) is 35.3 Å². The predicted octanol–water partition coefficient (Wildman–Crippen LogP) is 11.0. The van der Waals surface area contributed by atoms with Gasteiger partial charge in [0.25, 0.3) is 0 Å². The van der Waals surface area contributed by atoms with E-state index < -0.39 is 0 Å². The van der Waals surface area contributed by atoms with E-state index >= 15 is 0 Å². The van der Waals surface area contributed by atoms with E-state index in [1.165, 1.54) is 79.0 Å². The van der Waals surface area contributed by atoms with Crippen LogP contribution in [0.4, 0.5) is 11.6 Å². The number of nitrogens with one attached hydrogen (secondary N) is 1. The third kappa shape index (κ3) is 7.49. The number of fused-ring (bicyclic) bond motifs is 3. The third-order valence-corrected chi connectivity index (χ3v) is 17.5. The van der Waals surface area contributed by atoms with Crippen molar-refractivity contribution in [2.24, 2.45) is 0 Å². The molecule has 16 heteroatoms. The summed E-state index contributed by atoms with van der Waals surface area (Å²) in [6.45, 7) is 6.08. The van der Waals surface area contributed by atoms with E-state index in [4.69, 9.17) is 49.5 Å². The molecule has 6 aliphatic rings. The smallest absolute Gasteiger partial charge is 0.227 e. The number of imidazole rings is 1. The summed E-state index contributed by atoms with van der Waals surface area (Å²) in [6, 6.07) is 6.00. The Morgan fingerprint density at radius 2 is 1.21 bits per heavy atom. The van der Waals surface area contributed by atoms with Crippen molar-refractivity contribution in [2.75, 3.05) is 12.4 Å². The molecule has 4 aromatic heterocycles. The highest BCUT2D eigenvalue weighted by atomic mass is 35.5. The van der Waals surface area contributed by atoms with Crippen LogP contribution in [0, 0.1) is 20.8 Å². The van der Waals surface area contributed by atoms with Gasteiger partial charge in [-0.25, -0.2) is 34.9 Å². The number of hydrogen-bond donors (Lipinski definition) is 1. The highest BCUT2D eigenvalue weighted by molar-refractivity contribution is 8.01. The van der Waals surface area contributed by atoms with E-state index in [2.05, 4.69) is 37.2 Å². The Hall–Kier alpha value is -2.81. The number of benzene rings is 1. The molecule has 0 atom stereocenters. The molecule has 5 aromatic rings. The fourth-order valence-electron chi connectivity index (χ4n) is 8.30. The number of thioether (sulfide) groups is 3. The number of hydrogen-bond acceptors (Lipinski definition) is 12. The second-order valence-electron chi connectivity index (χ2n) is 15.7. The lowest BCUT2D eigenvalue weighted by molar-refractivity contribution is 0.364. The van der Waals surface area contributed by atoms with Gasteiger partial charge in [-0.05, 0) is 94.6 Å². The summed E-state index contributed by atoms with van der Waals surface area (Å²) in [5.74, 6) is 1.42. The monoisotopic (exact) mass is 865 g/mol. The summed E-state index contributed by atoms with van der Waals surface area (Å²) in [5, 5.41) is 4.55. The van der Waals surface area contributed by atoms with Crippen LogP contribution in [0.2, 0.25) is 15.7 Å². The maximum Gasteiger partial charge on any atom is 0.227 e. The fraction of sp³-hybridized carbons (Fsp3) is 0.475. The minimum absolute atomic E-state index is 0.269. The van der Waals surface area contributed by atoms with Crippen molar-refractivity contribution in [2.45, 2.75) is 127 Å². The topological polar surface area (TPSA) is 116 Å². The molecule has 0 bridgehead atoms. The molecule has 3 fully saturated rings. The number of ether oxygens (including phenoxy) is 1. The first-order chi connectivity index (χ1) is 26.9. The van der Waals surface area contributed by atoms with Gasteiger partial charge in [0.2, 0.25) is 16.5 Å². The molecule has 3 aliphatic carbocycles. The van der Waals surface area contributed by atoms with Crippen LogP contribution in [0.5, 0.6) is 5.75 Å². The van der Waals surface area contributed by atoms with Crippen LogP contribution in [0.15, 0.2) is 45.4 Å². The zero-order valence-electron chi connectivity index (χ0n) is 31.7. The number of aromatic nitrogens is 8. The largest absolute Gasteiger partial charge is 0.494 e. The molecule has 0 amide bonds. The molecule has 3 aliphatic heterocycles. The Morgan fingerprint density at radius 3 is 1.75 bits per heavy atom. The van der Waals surface area contributed by atoms with Crippen molar-refractivity contribution >= 4 is 81.7 Å². The summed E-state index contributed by atoms with van der Waals surface area (Å²) < 4.78 is 8.81. The van der Waals surface area contributed by atoms with Crippen molar-refractivity contribution in [3.63, 3.8) is 0 Å². The van der Waals surface area contributed by atoms with Gasteiger partial charge >= 0.3 is 0 Å². The average Bonchev–Trinajstić information content (AvgIpc) is 3.91. The molecule has 1 aromatic carbocycles. The Morgan fingerprint density at radius 1 is 0.679 bits per heavy atom. The lowest BCUT2D eigenvalue weighted by atomic mass is 9.81. The number of aryl methyl sites for hydroxylation is 3. The molecule has 56 heavy (non-hydrogen) atoms. The Balaban J connectivity index is 0.000000122. The molecule has 292 valence electrons. The minimum atomic E-state index is 0.269. The standard InChI is InChI=1S/C21H23N5OS.C10H11ClN2S.C9H8Cl2N2S/c1-13-11-26(12-22-13)17-6-5-15(9-18(17)27-3)24-20-23-14(2)19-16(25-20)10-21(28-19)7-4-8-21;1-6-8-7(13-9(11)12-6)5-10(14-8)3-2-4-10;10-7-6-5(12-8(11)13-7)4-9(14-6)2-1-3-9/h5-6,9,11-12H,4,7-8,10H2,1-3H3,(H,23,24,25);2-5H2,1H3;1-4H2. The molecule has 3 spiro atoms. The third-order valence-electron chi connectivity index (χ3n) is 11.7. The quantitative estimate of drug-likeness (QED) is 0.137. The lowest BCUT2D eigenvalue weighted by Gasteiger charge is -2.36. The Bertz CT molecular complexity index is 2270. The van der Waals surface area contributed by atoms with Gasteiger partial charge in [-0.2, -0.15) is 0 Å². The Kier molecular flexibility index (Phi) is 10.4. The van der Waals surface area contributed by atoms with Gasteiger partial charge in [-0.3, -0.25) is 0 Å². The number of nitrogens with zero attached hydrogens (tertiary/aromatic N) is 8. The first-order valence-corrected chi connectivity index (χ1v) is 22.7. The highest BCUT2D eigenvalue weighted by Gasteiger charge is 2.47. The van der Waals surface area contributed by atoms with E-state index in [1.54, 1.807) is 13.4 Å². The predicted molar refractivity (Wildman–Crippen MR) is 227 cm³/mol. The van der Waals surface area contributed by atoms with Crippen LogP contribution < -0.4 is 10.1 Å². The minimum Gasteiger partial charge on any atom is -0.494 e. The van der Waals surface area contributed by atoms with Crippen LogP contribution in [0.3, 0.4) is 0 Å². The average molecular weight is 867 g/mol. The van der Waals surface area contributed by atoms with Gasteiger partial charge in [0.05, 0.1) is 68.0 Å². The van der Waals surface area contributed by atoms with Crippen LogP contribution >= 0.6 is 70.1 Å². The van der Waals surface area contributed by atoms with Crippen LogP contribution in [0.1, 0.15) is 92.0 Å². The van der Waals surface area contributed by atoms with Crippen LogP contribution in [-0.2, 0) is 19.3 Å². The molecular weight excluding hydrogens is 825 g/mol. The summed E-state index contributed by atoms with van der Waals surface area (Å²) in [5.41, 5.74) is 8.34. The van der Waals surface area contributed by atoms with Crippen molar-refractivity contribution < 1.29 is 4.74 Å². The van der Waals surface area contributed by atoms with Gasteiger partial charge < -0.3 is 14.6 Å². The van der Waals surface area contributed by atoms with Crippen LogP contribution in [0.25, 0.3) is 5.69 Å². The van der Waals surface area contributed by atoms with E-state index in [9.17, 15) is 0 Å². The molecule has 3 saturated carbocycles. The molecule has 1 N–H and O–H groups in total. The van der Waals surface area contributed by atoms with E-state index in [1.807, 2.05) is 78.1 Å². The fourth-order valence-corrected chi connectivity index (χ4v) is 13.7. The zero-order valence-corrected chi connectivity index (χ0v) is 36.4. The number of anilines is 2. The summed E-state index contributed by atoms with van der Waals surface area (Å²) in [4.78, 5) is 34.2. The van der Waals surface area contributed by atoms with Crippen molar-refractivity contribution in [3.8, 4) is 11.4 Å². The molecule has 0 saturated heterocycles. The van der Waals surface area contributed by atoms with Crippen LogP contribution in [-0.4, -0.2) is 60.8 Å². The number of rotatable bonds is 4. The second-order valence-corrected chi connectivity index (χ2v) is 21.2. The molecule has 7 heterocycles. The first kappa shape index (κ1) is 38.7. The van der Waals surface area contributed by atoms with Crippen molar-refractivity contribution in [1.82, 2.24) is 39.5 Å². The first-order valence-electron chi connectivity index (χ1n) is 19.1. The van der Waals surface area contributed by atoms with E-state index in [0.717, 1.165) is 64.1 Å². The highest BCUT2D eigenvalue weighted by Crippen LogP contribution is 2.58. The second kappa shape index (κ2) is 15.1. The molecule has 11 rings (SSSR count). The van der Waals surface area contributed by atoms with E-state index in [-0.39, 0.29) is 5.28 Å². The van der Waals surface area contributed by atoms with Gasteiger partial charge in [0, 0.05) is 51.5 Å². The summed E-state index contributed by atoms with van der Waals surface area (Å²) in [6.07, 6.45) is 18.7. The zero-order chi connectivity index (χ0) is 38.8. The van der Waals surface area contributed by atoms with E-state index in [0.29, 0.717) is 30.6 Å².